The van der Waals surface area contributed by atoms with Gasteiger partial charge in [-0.15, -0.1) is 0 Å². The van der Waals surface area contributed by atoms with Crippen LogP contribution in [0, 0.1) is 5.82 Å². The van der Waals surface area contributed by atoms with E-state index < -0.39 is 28.3 Å². The van der Waals surface area contributed by atoms with Crippen molar-refractivity contribution < 1.29 is 22.3 Å². The molecule has 1 atom stereocenters. The number of sulfonamides is 1. The van der Waals surface area contributed by atoms with Crippen LogP contribution in [0.25, 0.3) is 0 Å². The molecule has 0 aliphatic rings. The number of rotatable bonds is 10. The third-order valence-corrected chi connectivity index (χ3v) is 6.86. The van der Waals surface area contributed by atoms with Gasteiger partial charge in [-0.1, -0.05) is 37.3 Å². The van der Waals surface area contributed by atoms with Gasteiger partial charge in [-0.2, -0.15) is 0 Å². The molecule has 0 heterocycles. The number of benzene rings is 3. The Balaban J connectivity index is 1.91. The molecule has 3 aromatic carbocycles. The number of halogens is 1. The van der Waals surface area contributed by atoms with Gasteiger partial charge in [0.1, 0.15) is 18.1 Å². The monoisotopic (exact) mass is 470 g/mol. The van der Waals surface area contributed by atoms with E-state index in [4.69, 9.17) is 4.74 Å². The number of nitrogens with one attached hydrogen (secondary N) is 1. The summed E-state index contributed by atoms with van der Waals surface area (Å²) in [6.07, 6.45) is 0.642. The highest BCUT2D eigenvalue weighted by molar-refractivity contribution is 7.92. The first kappa shape index (κ1) is 24.3. The molecule has 0 bridgehead atoms. The normalized spacial score (nSPS) is 12.1. The van der Waals surface area contributed by atoms with Crippen LogP contribution in [0.15, 0.2) is 83.8 Å². The average Bonchev–Trinajstić information content (AvgIpc) is 2.82. The van der Waals surface area contributed by atoms with Crippen LogP contribution in [0.3, 0.4) is 0 Å². The molecule has 1 unspecified atom stereocenters. The fourth-order valence-corrected chi connectivity index (χ4v) is 4.82. The molecule has 1 amide bonds. The van der Waals surface area contributed by atoms with Gasteiger partial charge in [-0.05, 0) is 67.4 Å². The Kier molecular flexibility index (Phi) is 8.06. The molecule has 0 saturated heterocycles. The summed E-state index contributed by atoms with van der Waals surface area (Å²) in [7, 11) is -4.13. The molecule has 3 aromatic rings. The van der Waals surface area contributed by atoms with E-state index in [9.17, 15) is 17.6 Å². The van der Waals surface area contributed by atoms with Crippen molar-refractivity contribution in [2.75, 3.05) is 17.5 Å². The van der Waals surface area contributed by atoms with Crippen molar-refractivity contribution in [3.8, 4) is 5.75 Å². The predicted octanol–water partition coefficient (Wildman–Crippen LogP) is 4.69. The van der Waals surface area contributed by atoms with Crippen LogP contribution in [-0.2, 0) is 14.8 Å². The van der Waals surface area contributed by atoms with E-state index in [2.05, 4.69) is 5.32 Å². The number of anilines is 1. The van der Waals surface area contributed by atoms with E-state index in [1.54, 1.807) is 24.3 Å². The molecular formula is C25H27FN2O4S. The lowest BCUT2D eigenvalue weighted by molar-refractivity contribution is -0.120. The number of hydrogen-bond acceptors (Lipinski definition) is 4. The molecule has 174 valence electrons. The highest BCUT2D eigenvalue weighted by Crippen LogP contribution is 2.26. The van der Waals surface area contributed by atoms with E-state index in [-0.39, 0.29) is 10.9 Å². The maximum Gasteiger partial charge on any atom is 0.264 e. The van der Waals surface area contributed by atoms with Crippen molar-refractivity contribution in [1.29, 1.82) is 0 Å². The number of nitrogens with zero attached hydrogens (tertiary/aromatic N) is 1. The molecule has 0 fully saturated rings. The Labute approximate surface area is 194 Å². The maximum atomic E-state index is 13.4. The van der Waals surface area contributed by atoms with E-state index >= 15 is 0 Å². The second-order valence-electron chi connectivity index (χ2n) is 7.33. The summed E-state index contributed by atoms with van der Waals surface area (Å²) in [6, 6.07) is 20.2. The summed E-state index contributed by atoms with van der Waals surface area (Å²) in [5, 5.41) is 2.92. The Hall–Kier alpha value is -3.39. The van der Waals surface area contributed by atoms with Gasteiger partial charge in [0.25, 0.3) is 10.0 Å². The zero-order valence-electron chi connectivity index (χ0n) is 18.6. The van der Waals surface area contributed by atoms with E-state index in [1.165, 1.54) is 12.1 Å². The number of hydrogen-bond donors (Lipinski definition) is 1. The minimum Gasteiger partial charge on any atom is -0.494 e. The van der Waals surface area contributed by atoms with Gasteiger partial charge in [0, 0.05) is 0 Å². The van der Waals surface area contributed by atoms with Gasteiger partial charge in [-0.25, -0.2) is 12.8 Å². The minimum absolute atomic E-state index is 0.110. The molecule has 0 radical (unpaired) electrons. The molecule has 0 aliphatic heterocycles. The second kappa shape index (κ2) is 11.0. The maximum absolute atomic E-state index is 13.4. The first-order chi connectivity index (χ1) is 15.8. The Morgan fingerprint density at radius 2 is 1.61 bits per heavy atom. The molecule has 33 heavy (non-hydrogen) atoms. The van der Waals surface area contributed by atoms with Crippen molar-refractivity contribution in [2.45, 2.75) is 31.2 Å². The SMILES string of the molecule is CCOc1ccc(N(CC(=O)NC(CC)c2ccccc2)S(=O)(=O)c2ccc(F)cc2)cc1. The van der Waals surface area contributed by atoms with Crippen molar-refractivity contribution in [2.24, 2.45) is 0 Å². The average molecular weight is 471 g/mol. The van der Waals surface area contributed by atoms with Gasteiger partial charge < -0.3 is 10.1 Å². The summed E-state index contributed by atoms with van der Waals surface area (Å²) < 4.78 is 46.6. The molecule has 0 spiro atoms. The summed E-state index contributed by atoms with van der Waals surface area (Å²) in [5.41, 5.74) is 1.23. The van der Waals surface area contributed by atoms with Crippen molar-refractivity contribution in [3.63, 3.8) is 0 Å². The Bertz CT molecular complexity index is 1150. The number of amides is 1. The quantitative estimate of drug-likeness (QED) is 0.467. The molecule has 0 saturated carbocycles. The summed E-state index contributed by atoms with van der Waals surface area (Å²) >= 11 is 0. The standard InChI is InChI=1S/C25H27FN2O4S/c1-3-24(19-8-6-5-7-9-19)27-25(29)18-28(21-12-14-22(15-13-21)32-4-2)33(30,31)23-16-10-20(26)11-17-23/h5-17,24H,3-4,18H2,1-2H3,(H,27,29). The first-order valence-electron chi connectivity index (χ1n) is 10.7. The van der Waals surface area contributed by atoms with E-state index in [0.717, 1.165) is 22.0 Å². The van der Waals surface area contributed by atoms with Gasteiger partial charge in [0.2, 0.25) is 5.91 Å². The summed E-state index contributed by atoms with van der Waals surface area (Å²) in [6.45, 7) is 3.83. The minimum atomic E-state index is -4.13. The molecule has 0 aromatic heterocycles. The molecule has 8 heteroatoms. The number of ether oxygens (including phenoxy) is 1. The van der Waals surface area contributed by atoms with Crippen molar-refractivity contribution in [3.05, 3.63) is 90.2 Å². The number of carbonyl (C=O) groups excluding carboxylic acids is 1. The highest BCUT2D eigenvalue weighted by Gasteiger charge is 2.28. The van der Waals surface area contributed by atoms with Crippen LogP contribution in [0.5, 0.6) is 5.75 Å². The fourth-order valence-electron chi connectivity index (χ4n) is 3.40. The lowest BCUT2D eigenvalue weighted by atomic mass is 10.0. The number of carbonyl (C=O) groups is 1. The lowest BCUT2D eigenvalue weighted by Gasteiger charge is -2.26. The smallest absolute Gasteiger partial charge is 0.264 e. The molecule has 3 rings (SSSR count). The zero-order valence-corrected chi connectivity index (χ0v) is 19.4. The van der Waals surface area contributed by atoms with Crippen LogP contribution < -0.4 is 14.4 Å². The van der Waals surface area contributed by atoms with Crippen LogP contribution in [0.1, 0.15) is 31.9 Å². The predicted molar refractivity (Wildman–Crippen MR) is 126 cm³/mol. The highest BCUT2D eigenvalue weighted by atomic mass is 32.2. The van der Waals surface area contributed by atoms with Crippen LogP contribution in [0.4, 0.5) is 10.1 Å². The first-order valence-corrected chi connectivity index (χ1v) is 12.1. The Morgan fingerprint density at radius 3 is 2.18 bits per heavy atom. The van der Waals surface area contributed by atoms with E-state index in [0.29, 0.717) is 24.5 Å². The topological polar surface area (TPSA) is 75.7 Å². The van der Waals surface area contributed by atoms with Gasteiger partial charge >= 0.3 is 0 Å². The summed E-state index contributed by atoms with van der Waals surface area (Å²) in [5.74, 6) is -0.418. The fraction of sp³-hybridized carbons (Fsp3) is 0.240. The van der Waals surface area contributed by atoms with Gasteiger partial charge in [0.05, 0.1) is 23.2 Å². The van der Waals surface area contributed by atoms with Crippen LogP contribution in [0.2, 0.25) is 0 Å². The molecule has 6 nitrogen and oxygen atoms in total. The zero-order chi connectivity index (χ0) is 23.8. The lowest BCUT2D eigenvalue weighted by Crippen LogP contribution is -2.42. The molecule has 0 aliphatic carbocycles. The molecular weight excluding hydrogens is 443 g/mol. The van der Waals surface area contributed by atoms with Crippen molar-refractivity contribution >= 4 is 21.6 Å². The van der Waals surface area contributed by atoms with Crippen LogP contribution >= 0.6 is 0 Å². The van der Waals surface area contributed by atoms with Gasteiger partial charge in [0.15, 0.2) is 0 Å². The van der Waals surface area contributed by atoms with E-state index in [1.807, 2.05) is 44.2 Å². The largest absolute Gasteiger partial charge is 0.494 e. The van der Waals surface area contributed by atoms with Gasteiger partial charge in [-0.3, -0.25) is 9.10 Å². The Morgan fingerprint density at radius 1 is 0.970 bits per heavy atom. The second-order valence-corrected chi connectivity index (χ2v) is 9.19. The third-order valence-electron chi connectivity index (χ3n) is 5.07. The summed E-state index contributed by atoms with van der Waals surface area (Å²) in [4.78, 5) is 12.9. The molecule has 1 N–H and O–H groups in total. The van der Waals surface area contributed by atoms with Crippen LogP contribution in [-0.4, -0.2) is 27.5 Å². The van der Waals surface area contributed by atoms with Crippen molar-refractivity contribution in [1.82, 2.24) is 5.32 Å². The third kappa shape index (κ3) is 6.10.